The molecule has 3 aromatic rings. The second kappa shape index (κ2) is 10.6. The van der Waals surface area contributed by atoms with Crippen LogP contribution < -0.4 is 4.90 Å². The number of benzene rings is 3. The van der Waals surface area contributed by atoms with Crippen LogP contribution in [0.5, 0.6) is 0 Å². The van der Waals surface area contributed by atoms with Gasteiger partial charge in [-0.2, -0.15) is 0 Å². The maximum absolute atomic E-state index is 14.1. The van der Waals surface area contributed by atoms with Crippen molar-refractivity contribution in [3.8, 4) is 0 Å². The van der Waals surface area contributed by atoms with Crippen molar-refractivity contribution in [1.82, 2.24) is 14.7 Å². The fraction of sp³-hybridized carbons (Fsp3) is 0.300. The third kappa shape index (κ3) is 4.69. The first-order valence-electron chi connectivity index (χ1n) is 12.9. The van der Waals surface area contributed by atoms with Crippen molar-refractivity contribution in [2.75, 3.05) is 18.5 Å². The third-order valence-corrected chi connectivity index (χ3v) is 7.59. The first kappa shape index (κ1) is 25.3. The number of rotatable bonds is 5. The summed E-state index contributed by atoms with van der Waals surface area (Å²) in [5.41, 5.74) is 3.44. The molecule has 196 valence electrons. The number of hydrogen-bond acceptors (Lipinski definition) is 3. The molecule has 2 aliphatic rings. The quantitative estimate of drug-likeness (QED) is 0.515. The Morgan fingerprint density at radius 2 is 1.42 bits per heavy atom. The highest BCUT2D eigenvalue weighted by molar-refractivity contribution is 6.01. The van der Waals surface area contributed by atoms with Gasteiger partial charge in [0.25, 0.3) is 0 Å². The summed E-state index contributed by atoms with van der Waals surface area (Å²) in [6, 6.07) is 23.7. The molecule has 0 aromatic heterocycles. The number of amides is 4. The highest BCUT2D eigenvalue weighted by Crippen LogP contribution is 2.37. The second-order valence-electron chi connectivity index (χ2n) is 10.00. The normalized spacial score (nSPS) is 20.2. The zero-order valence-corrected chi connectivity index (χ0v) is 21.6. The first-order valence-corrected chi connectivity index (χ1v) is 12.9. The molecule has 1 N–H and O–H groups in total. The smallest absolute Gasteiger partial charge is 0.329 e. The number of aliphatic carboxylic acids is 1. The van der Waals surface area contributed by atoms with Gasteiger partial charge in [0.1, 0.15) is 0 Å². The molecule has 1 unspecified atom stereocenters. The summed E-state index contributed by atoms with van der Waals surface area (Å²) in [7, 11) is 1.74. The molecule has 0 radical (unpaired) electrons. The van der Waals surface area contributed by atoms with Gasteiger partial charge in [0.15, 0.2) is 6.04 Å². The number of nitrogens with zero attached hydrogens (tertiary/aromatic N) is 4. The van der Waals surface area contributed by atoms with Crippen LogP contribution in [0.25, 0.3) is 0 Å². The molecular formula is C30H32N4O4. The predicted molar refractivity (Wildman–Crippen MR) is 145 cm³/mol. The van der Waals surface area contributed by atoms with E-state index in [0.717, 1.165) is 11.1 Å². The summed E-state index contributed by atoms with van der Waals surface area (Å²) in [6.45, 7) is 2.59. The van der Waals surface area contributed by atoms with Crippen molar-refractivity contribution in [3.05, 3.63) is 96.1 Å². The lowest BCUT2D eigenvalue weighted by atomic mass is 10.0. The highest BCUT2D eigenvalue weighted by atomic mass is 16.4. The van der Waals surface area contributed by atoms with Gasteiger partial charge < -0.3 is 19.8 Å². The fourth-order valence-electron chi connectivity index (χ4n) is 5.70. The minimum atomic E-state index is -1.15. The topological polar surface area (TPSA) is 84.4 Å². The summed E-state index contributed by atoms with van der Waals surface area (Å²) >= 11 is 0. The number of carbonyl (C=O) groups excluding carboxylic acids is 2. The zero-order chi connectivity index (χ0) is 26.8. The molecule has 2 aliphatic heterocycles. The van der Waals surface area contributed by atoms with Gasteiger partial charge in [-0.1, -0.05) is 60.7 Å². The summed E-state index contributed by atoms with van der Waals surface area (Å²) in [5, 5.41) is 10.3. The molecule has 0 saturated carbocycles. The van der Waals surface area contributed by atoms with E-state index in [2.05, 4.69) is 0 Å². The molecule has 3 atom stereocenters. The number of anilines is 2. The van der Waals surface area contributed by atoms with Gasteiger partial charge in [0, 0.05) is 20.1 Å². The summed E-state index contributed by atoms with van der Waals surface area (Å²) in [5.74, 6) is -1.11. The molecule has 2 saturated heterocycles. The number of aryl methyl sites for hydroxylation is 1. The van der Waals surface area contributed by atoms with Crippen LogP contribution in [0.3, 0.4) is 0 Å². The molecule has 4 amide bonds. The Bertz CT molecular complexity index is 1280. The molecule has 3 aromatic carbocycles. The standard InChI is InChI=1S/C30H32N4O4/c1-21-11-9-10-12-22(21)19-31(2)29(37)34-25-17-18-26(34)27(28(35)36)32(20-25)30(38)33(23-13-5-3-6-14-23)24-15-7-4-8-16-24/h3-16,25-27H,17-20H2,1-2H3,(H,35,36)/t25?,26-,27+/m1/s1. The summed E-state index contributed by atoms with van der Waals surface area (Å²) in [6.07, 6.45) is 1.19. The van der Waals surface area contributed by atoms with E-state index < -0.39 is 24.1 Å². The Hall–Kier alpha value is -4.33. The summed E-state index contributed by atoms with van der Waals surface area (Å²) in [4.78, 5) is 46.7. The lowest BCUT2D eigenvalue weighted by molar-refractivity contribution is -0.145. The number of likely N-dealkylation sites (tertiary alicyclic amines) is 1. The van der Waals surface area contributed by atoms with E-state index in [0.29, 0.717) is 30.8 Å². The van der Waals surface area contributed by atoms with E-state index in [4.69, 9.17) is 0 Å². The first-order chi connectivity index (χ1) is 18.4. The van der Waals surface area contributed by atoms with Gasteiger partial charge in [-0.05, 0) is 55.2 Å². The van der Waals surface area contributed by atoms with Crippen molar-refractivity contribution in [2.24, 2.45) is 0 Å². The van der Waals surface area contributed by atoms with Crippen LogP contribution in [0.15, 0.2) is 84.9 Å². The van der Waals surface area contributed by atoms with E-state index in [-0.39, 0.29) is 18.6 Å². The van der Waals surface area contributed by atoms with E-state index in [9.17, 15) is 19.5 Å². The predicted octanol–water partition coefficient (Wildman–Crippen LogP) is 5.11. The van der Waals surface area contributed by atoms with Gasteiger partial charge in [-0.15, -0.1) is 0 Å². The van der Waals surface area contributed by atoms with Gasteiger partial charge in [-0.3, -0.25) is 4.90 Å². The zero-order valence-electron chi connectivity index (χ0n) is 21.6. The Labute approximate surface area is 222 Å². The largest absolute Gasteiger partial charge is 0.480 e. The minimum absolute atomic E-state index is 0.159. The van der Waals surface area contributed by atoms with Crippen molar-refractivity contribution < 1.29 is 19.5 Å². The van der Waals surface area contributed by atoms with Crippen molar-refractivity contribution in [3.63, 3.8) is 0 Å². The van der Waals surface area contributed by atoms with E-state index in [1.165, 1.54) is 4.90 Å². The number of fused-ring (bicyclic) bond motifs is 2. The molecular weight excluding hydrogens is 480 g/mol. The lowest BCUT2D eigenvalue weighted by Crippen LogP contribution is -2.67. The molecule has 0 spiro atoms. The van der Waals surface area contributed by atoms with Crippen LogP contribution in [0.2, 0.25) is 0 Å². The molecule has 38 heavy (non-hydrogen) atoms. The Morgan fingerprint density at radius 3 is 2.00 bits per heavy atom. The Kier molecular flexibility index (Phi) is 7.05. The monoisotopic (exact) mass is 512 g/mol. The van der Waals surface area contributed by atoms with E-state index >= 15 is 0 Å². The lowest BCUT2D eigenvalue weighted by Gasteiger charge is -2.47. The number of carboxylic acid groups (broad SMARTS) is 1. The van der Waals surface area contributed by atoms with Crippen LogP contribution in [0.4, 0.5) is 21.0 Å². The molecule has 2 heterocycles. The van der Waals surface area contributed by atoms with Gasteiger partial charge in [0.2, 0.25) is 0 Å². The van der Waals surface area contributed by atoms with Crippen molar-refractivity contribution in [1.29, 1.82) is 0 Å². The molecule has 8 heteroatoms. The van der Waals surface area contributed by atoms with Gasteiger partial charge in [-0.25, -0.2) is 14.4 Å². The van der Waals surface area contributed by atoms with Crippen LogP contribution >= 0.6 is 0 Å². The van der Waals surface area contributed by atoms with E-state index in [1.54, 1.807) is 21.7 Å². The number of piperazine rings is 1. The maximum atomic E-state index is 14.1. The number of carboxylic acids is 1. The van der Waals surface area contributed by atoms with Gasteiger partial charge >= 0.3 is 18.0 Å². The average molecular weight is 513 g/mol. The average Bonchev–Trinajstić information content (AvgIpc) is 3.22. The van der Waals surface area contributed by atoms with Crippen LogP contribution in [-0.2, 0) is 11.3 Å². The molecule has 0 aliphatic carbocycles. The van der Waals surface area contributed by atoms with Crippen molar-refractivity contribution >= 4 is 29.4 Å². The Morgan fingerprint density at radius 1 is 0.842 bits per heavy atom. The Balaban J connectivity index is 1.43. The molecule has 8 nitrogen and oxygen atoms in total. The number of urea groups is 2. The minimum Gasteiger partial charge on any atom is -0.480 e. The van der Waals surface area contributed by atoms with E-state index in [1.807, 2.05) is 91.9 Å². The molecule has 2 fully saturated rings. The second-order valence-corrected chi connectivity index (χ2v) is 10.00. The number of hydrogen-bond donors (Lipinski definition) is 1. The number of para-hydroxylation sites is 2. The van der Waals surface area contributed by atoms with Gasteiger partial charge in [0.05, 0.1) is 23.5 Å². The van der Waals surface area contributed by atoms with Crippen LogP contribution in [0.1, 0.15) is 24.0 Å². The molecule has 5 rings (SSSR count). The van der Waals surface area contributed by atoms with Crippen LogP contribution in [0, 0.1) is 6.92 Å². The summed E-state index contributed by atoms with van der Waals surface area (Å²) < 4.78 is 0. The van der Waals surface area contributed by atoms with Crippen LogP contribution in [-0.4, -0.2) is 69.6 Å². The highest BCUT2D eigenvalue weighted by Gasteiger charge is 2.54. The SMILES string of the molecule is Cc1ccccc1CN(C)C(=O)N1C2CC[C@@H]1[C@@H](C(=O)O)N(C(=O)N(c1ccccc1)c1ccccc1)C2. The molecule has 2 bridgehead atoms. The maximum Gasteiger partial charge on any atom is 0.329 e. The third-order valence-electron chi connectivity index (χ3n) is 7.59. The fourth-order valence-corrected chi connectivity index (χ4v) is 5.70. The van der Waals surface area contributed by atoms with Crippen molar-refractivity contribution in [2.45, 2.75) is 44.4 Å². The number of carbonyl (C=O) groups is 3.